The normalized spacial score (nSPS) is 10.9. The fourth-order valence-electron chi connectivity index (χ4n) is 1.66. The van der Waals surface area contributed by atoms with Gasteiger partial charge in [0.15, 0.2) is 0 Å². The number of nitrogens with one attached hydrogen (secondary N) is 1. The van der Waals surface area contributed by atoms with Gasteiger partial charge in [-0.2, -0.15) is 0 Å². The lowest BCUT2D eigenvalue weighted by atomic mass is 10.1. The van der Waals surface area contributed by atoms with Crippen molar-refractivity contribution in [2.75, 3.05) is 20.1 Å². The fourth-order valence-corrected chi connectivity index (χ4v) is 1.66. The number of nitrogens with zero attached hydrogens (tertiary/aromatic N) is 1. The van der Waals surface area contributed by atoms with E-state index in [-0.39, 0.29) is 12.5 Å². The number of rotatable bonds is 5. The second kappa shape index (κ2) is 7.67. The number of amides is 2. The Balaban J connectivity index is 2.30. The van der Waals surface area contributed by atoms with Crippen molar-refractivity contribution in [2.45, 2.75) is 32.8 Å². The third kappa shape index (κ3) is 7.34. The molecule has 0 unspecified atom stereocenters. The van der Waals surface area contributed by atoms with Gasteiger partial charge < -0.3 is 15.0 Å². The van der Waals surface area contributed by atoms with Gasteiger partial charge >= 0.3 is 6.09 Å². The number of likely N-dealkylation sites (N-methyl/N-ethyl adjacent to an activating group) is 1. The molecular weight excluding hydrogens is 268 g/mol. The van der Waals surface area contributed by atoms with E-state index in [9.17, 15) is 9.59 Å². The minimum atomic E-state index is -0.577. The molecule has 0 saturated carbocycles. The van der Waals surface area contributed by atoms with Gasteiger partial charge in [-0.15, -0.1) is 0 Å². The summed E-state index contributed by atoms with van der Waals surface area (Å²) in [7, 11) is 1.72. The molecule has 0 aromatic heterocycles. The number of hydrogen-bond donors (Lipinski definition) is 1. The van der Waals surface area contributed by atoms with E-state index < -0.39 is 11.7 Å². The molecule has 1 rings (SSSR count). The Morgan fingerprint density at radius 1 is 1.19 bits per heavy atom. The van der Waals surface area contributed by atoms with Gasteiger partial charge in [-0.1, -0.05) is 30.3 Å². The van der Waals surface area contributed by atoms with Crippen LogP contribution in [-0.4, -0.2) is 42.6 Å². The summed E-state index contributed by atoms with van der Waals surface area (Å²) in [6.07, 6.45) is 0.211. The molecule has 0 aliphatic rings. The lowest BCUT2D eigenvalue weighted by molar-refractivity contribution is -0.128. The second-order valence-corrected chi connectivity index (χ2v) is 5.91. The van der Waals surface area contributed by atoms with Crippen LogP contribution >= 0.6 is 0 Å². The van der Waals surface area contributed by atoms with E-state index in [4.69, 9.17) is 4.74 Å². The van der Waals surface area contributed by atoms with Crippen molar-refractivity contribution in [1.82, 2.24) is 10.2 Å². The van der Waals surface area contributed by atoms with Crippen LogP contribution in [0.3, 0.4) is 0 Å². The molecule has 1 aromatic rings. The molecule has 116 valence electrons. The van der Waals surface area contributed by atoms with Gasteiger partial charge in [0.25, 0.3) is 0 Å². The highest BCUT2D eigenvalue weighted by atomic mass is 16.6. The van der Waals surface area contributed by atoms with Crippen molar-refractivity contribution in [2.24, 2.45) is 0 Å². The number of hydrogen-bond acceptors (Lipinski definition) is 3. The summed E-state index contributed by atoms with van der Waals surface area (Å²) in [5.41, 5.74) is 0.615. The zero-order valence-electron chi connectivity index (χ0n) is 13.2. The SMILES string of the molecule is CN(CCc1ccccc1)C(=O)CNC(=O)OC(C)(C)C. The van der Waals surface area contributed by atoms with Gasteiger partial charge in [-0.3, -0.25) is 4.79 Å². The van der Waals surface area contributed by atoms with Gasteiger partial charge in [0.2, 0.25) is 5.91 Å². The molecule has 0 aliphatic carbocycles. The molecule has 0 saturated heterocycles. The monoisotopic (exact) mass is 292 g/mol. The summed E-state index contributed by atoms with van der Waals surface area (Å²) >= 11 is 0. The molecule has 0 fully saturated rings. The van der Waals surface area contributed by atoms with Crippen LogP contribution in [-0.2, 0) is 16.0 Å². The standard InChI is InChI=1S/C16H24N2O3/c1-16(2,3)21-15(20)17-12-14(19)18(4)11-10-13-8-6-5-7-9-13/h5-9H,10-12H2,1-4H3,(H,17,20). The van der Waals surface area contributed by atoms with Crippen molar-refractivity contribution < 1.29 is 14.3 Å². The van der Waals surface area contributed by atoms with E-state index in [2.05, 4.69) is 5.32 Å². The van der Waals surface area contributed by atoms with E-state index in [1.807, 2.05) is 30.3 Å². The number of ether oxygens (including phenoxy) is 1. The molecule has 5 nitrogen and oxygen atoms in total. The first-order valence-electron chi connectivity index (χ1n) is 7.02. The Morgan fingerprint density at radius 2 is 1.81 bits per heavy atom. The van der Waals surface area contributed by atoms with Crippen molar-refractivity contribution in [1.29, 1.82) is 0 Å². The molecule has 0 spiro atoms. The van der Waals surface area contributed by atoms with Crippen LogP contribution in [0.25, 0.3) is 0 Å². The molecular formula is C16H24N2O3. The highest BCUT2D eigenvalue weighted by Crippen LogP contribution is 2.06. The summed E-state index contributed by atoms with van der Waals surface area (Å²) in [4.78, 5) is 25.0. The van der Waals surface area contributed by atoms with Crippen molar-refractivity contribution in [3.8, 4) is 0 Å². The molecule has 0 heterocycles. The van der Waals surface area contributed by atoms with Crippen molar-refractivity contribution in [3.05, 3.63) is 35.9 Å². The van der Waals surface area contributed by atoms with E-state index in [0.717, 1.165) is 6.42 Å². The molecule has 0 bridgehead atoms. The lowest BCUT2D eigenvalue weighted by Crippen LogP contribution is -2.41. The van der Waals surface area contributed by atoms with Gasteiger partial charge in [0, 0.05) is 13.6 Å². The number of carbonyl (C=O) groups is 2. The summed E-state index contributed by atoms with van der Waals surface area (Å²) in [5.74, 6) is -0.142. The Kier molecular flexibility index (Phi) is 6.21. The van der Waals surface area contributed by atoms with E-state index in [1.54, 1.807) is 32.7 Å². The molecule has 0 aliphatic heterocycles. The smallest absolute Gasteiger partial charge is 0.408 e. The van der Waals surface area contributed by atoms with Crippen LogP contribution in [0.1, 0.15) is 26.3 Å². The third-order valence-electron chi connectivity index (χ3n) is 2.79. The van der Waals surface area contributed by atoms with E-state index in [1.165, 1.54) is 5.56 Å². The fraction of sp³-hybridized carbons (Fsp3) is 0.500. The minimum Gasteiger partial charge on any atom is -0.444 e. The van der Waals surface area contributed by atoms with Crippen LogP contribution in [0.4, 0.5) is 4.79 Å². The van der Waals surface area contributed by atoms with Gasteiger partial charge in [-0.05, 0) is 32.8 Å². The largest absolute Gasteiger partial charge is 0.444 e. The maximum absolute atomic E-state index is 11.9. The zero-order chi connectivity index (χ0) is 15.9. The Bertz CT molecular complexity index is 466. The first kappa shape index (κ1) is 17.0. The molecule has 1 N–H and O–H groups in total. The summed E-state index contributed by atoms with van der Waals surface area (Å²) in [6.45, 7) is 5.89. The Labute approximate surface area is 126 Å². The second-order valence-electron chi connectivity index (χ2n) is 5.91. The highest BCUT2D eigenvalue weighted by Gasteiger charge is 2.17. The molecule has 0 atom stereocenters. The Morgan fingerprint density at radius 3 is 2.38 bits per heavy atom. The topological polar surface area (TPSA) is 58.6 Å². The van der Waals surface area contributed by atoms with Gasteiger partial charge in [-0.25, -0.2) is 4.79 Å². The van der Waals surface area contributed by atoms with Crippen molar-refractivity contribution in [3.63, 3.8) is 0 Å². The zero-order valence-corrected chi connectivity index (χ0v) is 13.2. The maximum Gasteiger partial charge on any atom is 0.408 e. The summed E-state index contributed by atoms with van der Waals surface area (Å²) in [6, 6.07) is 9.96. The summed E-state index contributed by atoms with van der Waals surface area (Å²) in [5, 5.41) is 2.47. The molecule has 21 heavy (non-hydrogen) atoms. The van der Waals surface area contributed by atoms with Crippen molar-refractivity contribution >= 4 is 12.0 Å². The predicted molar refractivity (Wildman–Crippen MR) is 82.0 cm³/mol. The lowest BCUT2D eigenvalue weighted by Gasteiger charge is -2.21. The van der Waals surface area contributed by atoms with Crippen LogP contribution < -0.4 is 5.32 Å². The van der Waals surface area contributed by atoms with Crippen LogP contribution in [0.5, 0.6) is 0 Å². The highest BCUT2D eigenvalue weighted by molar-refractivity contribution is 5.82. The number of alkyl carbamates (subject to hydrolysis) is 1. The van der Waals surface area contributed by atoms with Crippen LogP contribution in [0.15, 0.2) is 30.3 Å². The Hall–Kier alpha value is -2.04. The van der Waals surface area contributed by atoms with Crippen LogP contribution in [0, 0.1) is 0 Å². The first-order chi connectivity index (χ1) is 9.78. The van der Waals surface area contributed by atoms with Crippen LogP contribution in [0.2, 0.25) is 0 Å². The molecule has 1 aromatic carbocycles. The average Bonchev–Trinajstić information content (AvgIpc) is 2.41. The quantitative estimate of drug-likeness (QED) is 0.905. The maximum atomic E-state index is 11.9. The van der Waals surface area contributed by atoms with Gasteiger partial charge in [0.05, 0.1) is 0 Å². The number of carbonyl (C=O) groups excluding carboxylic acids is 2. The molecule has 5 heteroatoms. The minimum absolute atomic E-state index is 0.0554. The third-order valence-corrected chi connectivity index (χ3v) is 2.79. The number of benzene rings is 1. The van der Waals surface area contributed by atoms with Gasteiger partial charge in [0.1, 0.15) is 12.1 Å². The molecule has 2 amide bonds. The van der Waals surface area contributed by atoms with E-state index in [0.29, 0.717) is 6.54 Å². The average molecular weight is 292 g/mol. The molecule has 0 radical (unpaired) electrons. The summed E-state index contributed by atoms with van der Waals surface area (Å²) < 4.78 is 5.08. The predicted octanol–water partition coefficient (Wildman–Crippen LogP) is 2.21. The van der Waals surface area contributed by atoms with E-state index >= 15 is 0 Å². The first-order valence-corrected chi connectivity index (χ1v) is 7.02.